The van der Waals surface area contributed by atoms with Gasteiger partial charge < -0.3 is 15.0 Å². The number of aromatic amines is 1. The summed E-state index contributed by atoms with van der Waals surface area (Å²) in [6.07, 6.45) is 10.2. The Bertz CT molecular complexity index is 1210. The van der Waals surface area contributed by atoms with Gasteiger partial charge in [-0.15, -0.1) is 0 Å². The lowest BCUT2D eigenvalue weighted by Crippen LogP contribution is -2.20. The molecule has 1 atom stereocenters. The zero-order valence-corrected chi connectivity index (χ0v) is 18.2. The molecule has 2 N–H and O–H groups in total. The molecule has 1 aliphatic rings. The highest BCUT2D eigenvalue weighted by Gasteiger charge is 2.14. The van der Waals surface area contributed by atoms with Gasteiger partial charge in [0.05, 0.1) is 12.1 Å². The van der Waals surface area contributed by atoms with Crippen molar-refractivity contribution >= 4 is 34.2 Å². The van der Waals surface area contributed by atoms with Gasteiger partial charge in [0.1, 0.15) is 5.76 Å². The summed E-state index contributed by atoms with van der Waals surface area (Å²) in [4.78, 5) is 3.49. The third-order valence-electron chi connectivity index (χ3n) is 5.40. The Kier molecular flexibility index (Phi) is 5.56. The van der Waals surface area contributed by atoms with Crippen LogP contribution in [0.1, 0.15) is 23.7 Å². The number of dihydropyridines is 1. The van der Waals surface area contributed by atoms with E-state index in [2.05, 4.69) is 73.2 Å². The predicted molar refractivity (Wildman–Crippen MR) is 128 cm³/mol. The lowest BCUT2D eigenvalue weighted by molar-refractivity contribution is 0.309. The Morgan fingerprint density at radius 1 is 1.20 bits per heavy atom. The summed E-state index contributed by atoms with van der Waals surface area (Å²) in [5, 5.41) is 5.18. The molecule has 0 aliphatic carbocycles. The molecule has 0 fully saturated rings. The molecular formula is C26H25ClN2O. The van der Waals surface area contributed by atoms with Gasteiger partial charge in [-0.2, -0.15) is 0 Å². The van der Waals surface area contributed by atoms with E-state index in [0.717, 1.165) is 44.4 Å². The van der Waals surface area contributed by atoms with Crippen LogP contribution in [0.15, 0.2) is 73.2 Å². The van der Waals surface area contributed by atoms with E-state index in [9.17, 15) is 0 Å². The second-order valence-corrected chi connectivity index (χ2v) is 7.96. The number of methoxy groups -OCH3 is 1. The molecule has 30 heavy (non-hydrogen) atoms. The third kappa shape index (κ3) is 3.94. The first kappa shape index (κ1) is 20.1. The smallest absolute Gasteiger partial charge is 0.111 e. The molecule has 4 heteroatoms. The molecule has 4 rings (SSSR count). The van der Waals surface area contributed by atoms with Gasteiger partial charge in [-0.1, -0.05) is 54.6 Å². The molecular weight excluding hydrogens is 392 g/mol. The van der Waals surface area contributed by atoms with E-state index in [-0.39, 0.29) is 0 Å². The van der Waals surface area contributed by atoms with Crippen LogP contribution in [-0.2, 0) is 4.74 Å². The first-order valence-electron chi connectivity index (χ1n) is 9.94. The van der Waals surface area contributed by atoms with Gasteiger partial charge in [0, 0.05) is 40.0 Å². The second kappa shape index (κ2) is 8.29. The molecule has 2 heterocycles. The van der Waals surface area contributed by atoms with Gasteiger partial charge in [-0.25, -0.2) is 0 Å². The van der Waals surface area contributed by atoms with E-state index < -0.39 is 0 Å². The fourth-order valence-electron chi connectivity index (χ4n) is 3.64. The monoisotopic (exact) mass is 416 g/mol. The second-order valence-electron chi connectivity index (χ2n) is 7.56. The van der Waals surface area contributed by atoms with Gasteiger partial charge >= 0.3 is 0 Å². The number of allylic oxidation sites excluding steroid dienone is 3. The minimum absolute atomic E-state index is 0.348. The minimum Gasteiger partial charge on any atom is -0.497 e. The van der Waals surface area contributed by atoms with Crippen LogP contribution in [-0.4, -0.2) is 18.1 Å². The lowest BCUT2D eigenvalue weighted by Gasteiger charge is -2.13. The lowest BCUT2D eigenvalue weighted by atomic mass is 9.94. The average molecular weight is 417 g/mol. The van der Waals surface area contributed by atoms with Crippen molar-refractivity contribution in [3.05, 3.63) is 95.0 Å². The van der Waals surface area contributed by atoms with Crippen LogP contribution in [0.25, 0.3) is 33.7 Å². The molecule has 152 valence electrons. The van der Waals surface area contributed by atoms with E-state index in [1.165, 1.54) is 0 Å². The maximum atomic E-state index is 6.74. The van der Waals surface area contributed by atoms with Gasteiger partial charge in [0.2, 0.25) is 0 Å². The van der Waals surface area contributed by atoms with E-state index >= 15 is 0 Å². The number of aryl methyl sites for hydroxylation is 1. The summed E-state index contributed by atoms with van der Waals surface area (Å²) in [5.74, 6) is 0.609. The minimum atomic E-state index is 0.348. The van der Waals surface area contributed by atoms with Gasteiger partial charge in [0.15, 0.2) is 0 Å². The highest BCUT2D eigenvalue weighted by atomic mass is 35.5. The summed E-state index contributed by atoms with van der Waals surface area (Å²) in [6.45, 7) is 8.09. The highest BCUT2D eigenvalue weighted by Crippen LogP contribution is 2.36. The molecule has 0 saturated heterocycles. The van der Waals surface area contributed by atoms with Crippen molar-refractivity contribution in [3.63, 3.8) is 0 Å². The van der Waals surface area contributed by atoms with Crippen molar-refractivity contribution in [2.24, 2.45) is 0 Å². The van der Waals surface area contributed by atoms with Crippen molar-refractivity contribution in [2.75, 3.05) is 7.11 Å². The van der Waals surface area contributed by atoms with Crippen molar-refractivity contribution in [3.8, 4) is 11.1 Å². The first-order chi connectivity index (χ1) is 14.5. The van der Waals surface area contributed by atoms with Crippen molar-refractivity contribution in [1.82, 2.24) is 10.3 Å². The van der Waals surface area contributed by atoms with Crippen LogP contribution in [0.2, 0.25) is 5.02 Å². The number of aromatic nitrogens is 1. The van der Waals surface area contributed by atoms with Crippen molar-refractivity contribution in [2.45, 2.75) is 19.9 Å². The number of nitrogens with one attached hydrogen (secondary N) is 2. The predicted octanol–water partition coefficient (Wildman–Crippen LogP) is 6.86. The van der Waals surface area contributed by atoms with Crippen LogP contribution in [0.5, 0.6) is 0 Å². The Morgan fingerprint density at radius 3 is 2.77 bits per heavy atom. The van der Waals surface area contributed by atoms with E-state index in [1.807, 2.05) is 24.4 Å². The zero-order valence-electron chi connectivity index (χ0n) is 17.4. The molecule has 3 nitrogen and oxygen atoms in total. The zero-order chi connectivity index (χ0) is 21.3. The SMILES string of the molecule is C=C(/C=C\c1c(C)cccc1-c1cc2cc(C3=CNC(C)C=C3)[nH]c2cc1Cl)OC. The molecule has 1 aromatic heterocycles. The van der Waals surface area contributed by atoms with Crippen molar-refractivity contribution in [1.29, 1.82) is 0 Å². The van der Waals surface area contributed by atoms with E-state index in [4.69, 9.17) is 16.3 Å². The first-order valence-corrected chi connectivity index (χ1v) is 10.3. The Labute approximate surface area is 182 Å². The summed E-state index contributed by atoms with van der Waals surface area (Å²) in [6, 6.07) is 12.9. The maximum absolute atomic E-state index is 6.74. The largest absolute Gasteiger partial charge is 0.497 e. The number of ether oxygens (including phenoxy) is 1. The summed E-state index contributed by atoms with van der Waals surface area (Å²) < 4.78 is 5.18. The number of halogens is 1. The van der Waals surface area contributed by atoms with E-state index in [1.54, 1.807) is 7.11 Å². The average Bonchev–Trinajstić information content (AvgIpc) is 3.15. The molecule has 0 amide bonds. The molecule has 1 unspecified atom stereocenters. The number of fused-ring (bicyclic) bond motifs is 1. The number of hydrogen-bond acceptors (Lipinski definition) is 2. The molecule has 3 aromatic rings. The molecule has 0 bridgehead atoms. The fraction of sp³-hybridized carbons (Fsp3) is 0.154. The van der Waals surface area contributed by atoms with Crippen molar-refractivity contribution < 1.29 is 4.74 Å². The number of benzene rings is 2. The van der Waals surface area contributed by atoms with E-state index in [0.29, 0.717) is 16.8 Å². The summed E-state index contributed by atoms with van der Waals surface area (Å²) in [7, 11) is 1.62. The normalized spacial score (nSPS) is 16.0. The fourth-order valence-corrected chi connectivity index (χ4v) is 3.90. The van der Waals surface area contributed by atoms with Gasteiger partial charge in [-0.05, 0) is 54.8 Å². The standard InChI is InChI=1S/C26H25ClN2O/c1-16-6-5-7-22(21(16)11-9-18(3)30-4)23-12-20-13-25(29-26(20)14-24(23)27)19-10-8-17(2)28-15-19/h5-15,17,28-29H,3H2,1-2,4H3/b11-9-. The number of hydrogen-bond donors (Lipinski definition) is 2. The summed E-state index contributed by atoms with van der Waals surface area (Å²) in [5.41, 5.74) is 7.55. The molecule has 0 spiro atoms. The molecule has 0 radical (unpaired) electrons. The van der Waals surface area contributed by atoms with Crippen LogP contribution in [0.4, 0.5) is 0 Å². The maximum Gasteiger partial charge on any atom is 0.111 e. The third-order valence-corrected chi connectivity index (χ3v) is 5.71. The molecule has 2 aromatic carbocycles. The van der Waals surface area contributed by atoms with Gasteiger partial charge in [0.25, 0.3) is 0 Å². The molecule has 1 aliphatic heterocycles. The molecule has 0 saturated carbocycles. The Hall–Kier alpha value is -3.17. The summed E-state index contributed by atoms with van der Waals surface area (Å²) >= 11 is 6.74. The quantitative estimate of drug-likeness (QED) is 0.352. The Balaban J connectivity index is 1.80. The van der Waals surface area contributed by atoms with Crippen LogP contribution >= 0.6 is 11.6 Å². The van der Waals surface area contributed by atoms with Crippen LogP contribution in [0.3, 0.4) is 0 Å². The van der Waals surface area contributed by atoms with Crippen LogP contribution < -0.4 is 5.32 Å². The number of rotatable bonds is 5. The Morgan fingerprint density at radius 2 is 2.03 bits per heavy atom. The van der Waals surface area contributed by atoms with Gasteiger partial charge in [-0.3, -0.25) is 0 Å². The number of H-pyrrole nitrogens is 1. The topological polar surface area (TPSA) is 37.0 Å². The van der Waals surface area contributed by atoms with Crippen LogP contribution in [0, 0.1) is 6.92 Å². The highest BCUT2D eigenvalue weighted by molar-refractivity contribution is 6.34.